The lowest BCUT2D eigenvalue weighted by Crippen LogP contribution is -2.40. The van der Waals surface area contributed by atoms with E-state index >= 15 is 0 Å². The van der Waals surface area contributed by atoms with Crippen LogP contribution in [0.25, 0.3) is 0 Å². The first kappa shape index (κ1) is 21.9. The van der Waals surface area contributed by atoms with Gasteiger partial charge in [0.25, 0.3) is 0 Å². The number of esters is 1. The maximum absolute atomic E-state index is 12.3. The van der Waals surface area contributed by atoms with Crippen LogP contribution in [-0.2, 0) is 14.3 Å². The number of ketones is 1. The highest BCUT2D eigenvalue weighted by atomic mass is 16.6. The van der Waals surface area contributed by atoms with E-state index in [4.69, 9.17) is 9.47 Å². The van der Waals surface area contributed by atoms with Crippen LogP contribution in [-0.4, -0.2) is 37.1 Å². The molecule has 6 nitrogen and oxygen atoms in total. The van der Waals surface area contributed by atoms with Crippen LogP contribution in [0, 0.1) is 5.92 Å². The fraction of sp³-hybridized carbons (Fsp3) is 0.591. The number of carbonyl (C=O) groups excluding carboxylic acids is 3. The van der Waals surface area contributed by atoms with Crippen LogP contribution in [0.4, 0.5) is 4.79 Å². The molecule has 1 aliphatic rings. The lowest BCUT2D eigenvalue weighted by molar-refractivity contribution is -0.144. The SMILES string of the molecule is CC(C)COC(=O)N[C@@H](C)C(=O)OCC(=O)c1ccc(C2CCCCC2)cc1. The molecule has 0 aromatic heterocycles. The molecule has 0 unspecified atom stereocenters. The number of alkyl carbamates (subject to hydrolysis) is 1. The fourth-order valence-corrected chi connectivity index (χ4v) is 3.24. The predicted octanol–water partition coefficient (Wildman–Crippen LogP) is 4.23. The summed E-state index contributed by atoms with van der Waals surface area (Å²) in [5.41, 5.74) is 1.79. The molecular weight excluding hydrogens is 358 g/mol. The number of carbonyl (C=O) groups is 3. The maximum atomic E-state index is 12.3. The van der Waals surface area contributed by atoms with Gasteiger partial charge in [0.15, 0.2) is 12.4 Å². The number of ether oxygens (including phenoxy) is 2. The monoisotopic (exact) mass is 389 g/mol. The Morgan fingerprint density at radius 2 is 1.64 bits per heavy atom. The average Bonchev–Trinajstić information content (AvgIpc) is 2.71. The second-order valence-corrected chi connectivity index (χ2v) is 7.85. The summed E-state index contributed by atoms with van der Waals surface area (Å²) in [6.45, 7) is 5.23. The number of benzene rings is 1. The second-order valence-electron chi connectivity index (χ2n) is 7.85. The number of amides is 1. The third kappa shape index (κ3) is 6.98. The zero-order valence-corrected chi connectivity index (χ0v) is 17.0. The van der Waals surface area contributed by atoms with Crippen molar-refractivity contribution in [3.63, 3.8) is 0 Å². The first-order valence-electron chi connectivity index (χ1n) is 10.1. The van der Waals surface area contributed by atoms with Crippen LogP contribution in [0.5, 0.6) is 0 Å². The molecule has 1 fully saturated rings. The normalized spacial score (nSPS) is 15.7. The van der Waals surface area contributed by atoms with Crippen molar-refractivity contribution in [1.29, 1.82) is 0 Å². The van der Waals surface area contributed by atoms with Crippen LogP contribution in [0.15, 0.2) is 24.3 Å². The van der Waals surface area contributed by atoms with E-state index in [0.29, 0.717) is 11.5 Å². The van der Waals surface area contributed by atoms with Crippen molar-refractivity contribution in [2.75, 3.05) is 13.2 Å². The fourth-order valence-electron chi connectivity index (χ4n) is 3.24. The molecule has 28 heavy (non-hydrogen) atoms. The van der Waals surface area contributed by atoms with Gasteiger partial charge in [-0.2, -0.15) is 0 Å². The van der Waals surface area contributed by atoms with Crippen molar-refractivity contribution in [2.24, 2.45) is 5.92 Å². The second kappa shape index (κ2) is 10.8. The summed E-state index contributed by atoms with van der Waals surface area (Å²) in [6, 6.07) is 6.71. The summed E-state index contributed by atoms with van der Waals surface area (Å²) in [5.74, 6) is -0.153. The van der Waals surface area contributed by atoms with Gasteiger partial charge in [-0.3, -0.25) is 4.79 Å². The Hall–Kier alpha value is -2.37. The van der Waals surface area contributed by atoms with Crippen LogP contribution in [0.3, 0.4) is 0 Å². The Labute approximate surface area is 167 Å². The van der Waals surface area contributed by atoms with E-state index in [1.165, 1.54) is 44.6 Å². The van der Waals surface area contributed by atoms with Crippen molar-refractivity contribution in [3.8, 4) is 0 Å². The van der Waals surface area contributed by atoms with E-state index in [2.05, 4.69) is 5.32 Å². The standard InChI is InChI=1S/C22H31NO5/c1-15(2)13-28-22(26)23-16(3)21(25)27-14-20(24)19-11-9-18(10-12-19)17-7-5-4-6-8-17/h9-12,15-17H,4-8,13-14H2,1-3H3,(H,23,26)/t16-/m0/s1. The largest absolute Gasteiger partial charge is 0.456 e. The molecule has 0 radical (unpaired) electrons. The Morgan fingerprint density at radius 1 is 1.00 bits per heavy atom. The van der Waals surface area contributed by atoms with E-state index in [1.54, 1.807) is 12.1 Å². The molecule has 6 heteroatoms. The highest BCUT2D eigenvalue weighted by Gasteiger charge is 2.20. The zero-order valence-electron chi connectivity index (χ0n) is 17.0. The predicted molar refractivity (Wildman–Crippen MR) is 106 cm³/mol. The van der Waals surface area contributed by atoms with Gasteiger partial charge in [-0.15, -0.1) is 0 Å². The van der Waals surface area contributed by atoms with E-state index in [9.17, 15) is 14.4 Å². The van der Waals surface area contributed by atoms with Gasteiger partial charge in [-0.1, -0.05) is 57.4 Å². The minimum absolute atomic E-state index is 0.204. The van der Waals surface area contributed by atoms with Gasteiger partial charge in [0, 0.05) is 5.56 Å². The molecule has 0 heterocycles. The summed E-state index contributed by atoms with van der Waals surface area (Å²) in [5, 5.41) is 2.40. The average molecular weight is 389 g/mol. The smallest absolute Gasteiger partial charge is 0.407 e. The highest BCUT2D eigenvalue weighted by Crippen LogP contribution is 2.32. The molecule has 0 saturated heterocycles. The minimum Gasteiger partial charge on any atom is -0.456 e. The summed E-state index contributed by atoms with van der Waals surface area (Å²) in [4.78, 5) is 35.8. The zero-order chi connectivity index (χ0) is 20.5. The summed E-state index contributed by atoms with van der Waals surface area (Å²) >= 11 is 0. The molecule has 2 rings (SSSR count). The first-order valence-corrected chi connectivity index (χ1v) is 10.1. The molecule has 154 valence electrons. The molecule has 1 N–H and O–H groups in total. The highest BCUT2D eigenvalue weighted by molar-refractivity contribution is 5.98. The van der Waals surface area contributed by atoms with Gasteiger partial charge in [0.2, 0.25) is 0 Å². The summed E-state index contributed by atoms with van der Waals surface area (Å²) in [7, 11) is 0. The Kier molecular flexibility index (Phi) is 8.48. The van der Waals surface area contributed by atoms with Crippen LogP contribution >= 0.6 is 0 Å². The number of nitrogens with one attached hydrogen (secondary N) is 1. The van der Waals surface area contributed by atoms with Gasteiger partial charge >= 0.3 is 12.1 Å². The van der Waals surface area contributed by atoms with Gasteiger partial charge in [-0.05, 0) is 37.2 Å². The third-order valence-electron chi connectivity index (χ3n) is 4.89. The molecule has 1 aromatic carbocycles. The number of hydrogen-bond acceptors (Lipinski definition) is 5. The lowest BCUT2D eigenvalue weighted by Gasteiger charge is -2.22. The van der Waals surface area contributed by atoms with E-state index in [1.807, 2.05) is 26.0 Å². The van der Waals surface area contributed by atoms with Crippen molar-refractivity contribution in [2.45, 2.75) is 64.8 Å². The van der Waals surface area contributed by atoms with Crippen LogP contribution in [0.2, 0.25) is 0 Å². The molecule has 0 aliphatic heterocycles. The summed E-state index contributed by atoms with van der Waals surface area (Å²) < 4.78 is 9.99. The molecular formula is C22H31NO5. The lowest BCUT2D eigenvalue weighted by atomic mass is 9.84. The first-order chi connectivity index (χ1) is 13.4. The Morgan fingerprint density at radius 3 is 2.25 bits per heavy atom. The van der Waals surface area contributed by atoms with Crippen LogP contribution in [0.1, 0.15) is 74.7 Å². The topological polar surface area (TPSA) is 81.7 Å². The number of hydrogen-bond donors (Lipinski definition) is 1. The van der Waals surface area contributed by atoms with Gasteiger partial charge in [0.1, 0.15) is 6.04 Å². The Bertz CT molecular complexity index is 662. The maximum Gasteiger partial charge on any atom is 0.407 e. The molecule has 1 aliphatic carbocycles. The van der Waals surface area contributed by atoms with Gasteiger partial charge < -0.3 is 14.8 Å². The van der Waals surface area contributed by atoms with E-state index in [-0.39, 0.29) is 24.9 Å². The third-order valence-corrected chi connectivity index (χ3v) is 4.89. The molecule has 1 aromatic rings. The molecule has 1 amide bonds. The minimum atomic E-state index is -0.888. The van der Waals surface area contributed by atoms with Crippen molar-refractivity contribution in [3.05, 3.63) is 35.4 Å². The quantitative estimate of drug-likeness (QED) is 0.531. The number of Topliss-reactive ketones (excluding diaryl/α,β-unsaturated/α-hetero) is 1. The molecule has 1 atom stereocenters. The van der Waals surface area contributed by atoms with E-state index in [0.717, 1.165) is 0 Å². The molecule has 0 bridgehead atoms. The molecule has 0 spiro atoms. The van der Waals surface area contributed by atoms with E-state index < -0.39 is 18.1 Å². The van der Waals surface area contributed by atoms with Crippen LogP contribution < -0.4 is 5.32 Å². The summed E-state index contributed by atoms with van der Waals surface area (Å²) in [6.07, 6.45) is 5.56. The van der Waals surface area contributed by atoms with Gasteiger partial charge in [-0.25, -0.2) is 9.59 Å². The Balaban J connectivity index is 1.77. The number of rotatable bonds is 8. The van der Waals surface area contributed by atoms with Crippen molar-refractivity contribution in [1.82, 2.24) is 5.32 Å². The van der Waals surface area contributed by atoms with Crippen molar-refractivity contribution < 1.29 is 23.9 Å². The molecule has 1 saturated carbocycles. The van der Waals surface area contributed by atoms with Gasteiger partial charge in [0.05, 0.1) is 6.61 Å². The van der Waals surface area contributed by atoms with Crippen molar-refractivity contribution >= 4 is 17.8 Å².